The highest BCUT2D eigenvalue weighted by molar-refractivity contribution is 5.55. The monoisotopic (exact) mass is 228 g/mol. The molecular weight excluding hydrogens is 212 g/mol. The van der Waals surface area contributed by atoms with Crippen LogP contribution in [0.3, 0.4) is 0 Å². The van der Waals surface area contributed by atoms with Gasteiger partial charge in [0.2, 0.25) is 0 Å². The first-order chi connectivity index (χ1) is 8.19. The van der Waals surface area contributed by atoms with Crippen LogP contribution in [0.5, 0.6) is 11.5 Å². The van der Waals surface area contributed by atoms with Crippen LogP contribution in [0.25, 0.3) is 0 Å². The summed E-state index contributed by atoms with van der Waals surface area (Å²) >= 11 is 0. The maximum Gasteiger partial charge on any atom is 0.150 e. The Morgan fingerprint density at radius 2 is 2.06 bits per heavy atom. The van der Waals surface area contributed by atoms with Gasteiger partial charge in [-0.1, -0.05) is 13.0 Å². The molecule has 0 spiro atoms. The number of nitrogen functional groups attached to an aromatic ring is 1. The number of pyridine rings is 1. The third kappa shape index (κ3) is 2.75. The molecule has 0 aliphatic heterocycles. The number of hydrogen-bond acceptors (Lipinski definition) is 3. The molecular formula is C14H16N2O. The zero-order chi connectivity index (χ0) is 12.3. The molecule has 0 bridgehead atoms. The maximum absolute atomic E-state index is 5.94. The number of benzene rings is 1. The quantitative estimate of drug-likeness (QED) is 0.820. The van der Waals surface area contributed by atoms with E-state index in [1.54, 1.807) is 6.20 Å². The van der Waals surface area contributed by atoms with Gasteiger partial charge in [-0.2, -0.15) is 0 Å². The lowest BCUT2D eigenvalue weighted by Crippen LogP contribution is -1.94. The number of anilines is 1. The number of ether oxygens (including phenoxy) is 1. The summed E-state index contributed by atoms with van der Waals surface area (Å²) in [5.41, 5.74) is 8.74. The van der Waals surface area contributed by atoms with Crippen LogP contribution in [0.1, 0.15) is 18.2 Å². The molecule has 17 heavy (non-hydrogen) atoms. The molecule has 1 heterocycles. The molecule has 2 N–H and O–H groups in total. The first-order valence-corrected chi connectivity index (χ1v) is 5.68. The van der Waals surface area contributed by atoms with Crippen LogP contribution in [-0.2, 0) is 6.42 Å². The third-order valence-electron chi connectivity index (χ3n) is 2.58. The van der Waals surface area contributed by atoms with Crippen molar-refractivity contribution >= 4 is 5.69 Å². The number of aryl methyl sites for hydroxylation is 2. The Hall–Kier alpha value is -2.03. The van der Waals surface area contributed by atoms with E-state index < -0.39 is 0 Å². The molecule has 0 saturated carbocycles. The fraction of sp³-hybridized carbons (Fsp3) is 0.214. The van der Waals surface area contributed by atoms with Crippen LogP contribution < -0.4 is 10.5 Å². The van der Waals surface area contributed by atoms with Gasteiger partial charge in [-0.05, 0) is 37.1 Å². The highest BCUT2D eigenvalue weighted by Crippen LogP contribution is 2.28. The molecule has 0 amide bonds. The first-order valence-electron chi connectivity index (χ1n) is 5.68. The summed E-state index contributed by atoms with van der Waals surface area (Å²) < 4.78 is 5.72. The van der Waals surface area contributed by atoms with E-state index in [2.05, 4.69) is 11.9 Å². The van der Waals surface area contributed by atoms with Gasteiger partial charge in [0.05, 0.1) is 5.69 Å². The summed E-state index contributed by atoms with van der Waals surface area (Å²) in [5.74, 6) is 1.45. The molecule has 3 heteroatoms. The Bertz CT molecular complexity index is 523. The summed E-state index contributed by atoms with van der Waals surface area (Å²) in [7, 11) is 0. The number of rotatable bonds is 3. The van der Waals surface area contributed by atoms with E-state index in [0.29, 0.717) is 11.4 Å². The van der Waals surface area contributed by atoms with Crippen molar-refractivity contribution in [2.45, 2.75) is 20.3 Å². The topological polar surface area (TPSA) is 48.1 Å². The van der Waals surface area contributed by atoms with Crippen molar-refractivity contribution in [1.82, 2.24) is 4.98 Å². The normalized spacial score (nSPS) is 10.2. The van der Waals surface area contributed by atoms with Crippen LogP contribution in [0, 0.1) is 6.92 Å². The SMILES string of the molecule is CCc1ccc(Oc2ccnc(C)c2)c(N)c1. The van der Waals surface area contributed by atoms with Gasteiger partial charge in [0.25, 0.3) is 0 Å². The lowest BCUT2D eigenvalue weighted by Gasteiger charge is -2.09. The second-order valence-corrected chi connectivity index (χ2v) is 3.96. The highest BCUT2D eigenvalue weighted by atomic mass is 16.5. The zero-order valence-corrected chi connectivity index (χ0v) is 10.1. The summed E-state index contributed by atoms with van der Waals surface area (Å²) in [4.78, 5) is 4.12. The van der Waals surface area contributed by atoms with E-state index in [1.807, 2.05) is 37.3 Å². The molecule has 0 radical (unpaired) electrons. The van der Waals surface area contributed by atoms with Crippen molar-refractivity contribution in [3.8, 4) is 11.5 Å². The second kappa shape index (κ2) is 4.87. The minimum Gasteiger partial charge on any atom is -0.455 e. The van der Waals surface area contributed by atoms with Gasteiger partial charge in [0, 0.05) is 18.0 Å². The molecule has 88 valence electrons. The van der Waals surface area contributed by atoms with Crippen LogP contribution >= 0.6 is 0 Å². The minimum atomic E-state index is 0.666. The number of hydrogen-bond donors (Lipinski definition) is 1. The molecule has 0 fully saturated rings. The summed E-state index contributed by atoms with van der Waals surface area (Å²) in [5, 5.41) is 0. The summed E-state index contributed by atoms with van der Waals surface area (Å²) in [6.45, 7) is 4.03. The van der Waals surface area contributed by atoms with Gasteiger partial charge in [0.15, 0.2) is 0 Å². The largest absolute Gasteiger partial charge is 0.455 e. The fourth-order valence-corrected chi connectivity index (χ4v) is 1.62. The van der Waals surface area contributed by atoms with E-state index in [9.17, 15) is 0 Å². The van der Waals surface area contributed by atoms with Gasteiger partial charge in [-0.25, -0.2) is 0 Å². The maximum atomic E-state index is 5.94. The Morgan fingerprint density at radius 3 is 2.71 bits per heavy atom. The molecule has 2 aromatic rings. The Kier molecular flexibility index (Phi) is 3.28. The van der Waals surface area contributed by atoms with Crippen molar-refractivity contribution in [1.29, 1.82) is 0 Å². The molecule has 0 unspecified atom stereocenters. The highest BCUT2D eigenvalue weighted by Gasteiger charge is 2.03. The second-order valence-electron chi connectivity index (χ2n) is 3.96. The van der Waals surface area contributed by atoms with Crippen molar-refractivity contribution in [2.24, 2.45) is 0 Å². The fourth-order valence-electron chi connectivity index (χ4n) is 1.62. The Labute approximate surface area is 101 Å². The van der Waals surface area contributed by atoms with E-state index in [-0.39, 0.29) is 0 Å². The van der Waals surface area contributed by atoms with Crippen molar-refractivity contribution < 1.29 is 4.74 Å². The van der Waals surface area contributed by atoms with Crippen molar-refractivity contribution in [3.05, 3.63) is 47.8 Å². The summed E-state index contributed by atoms with van der Waals surface area (Å²) in [6, 6.07) is 9.58. The average Bonchev–Trinajstić information content (AvgIpc) is 2.32. The molecule has 1 aromatic carbocycles. The van der Waals surface area contributed by atoms with E-state index in [4.69, 9.17) is 10.5 Å². The van der Waals surface area contributed by atoms with Crippen LogP contribution in [0.4, 0.5) is 5.69 Å². The van der Waals surface area contributed by atoms with Crippen LogP contribution in [-0.4, -0.2) is 4.98 Å². The lowest BCUT2D eigenvalue weighted by atomic mass is 10.1. The first kappa shape index (κ1) is 11.5. The molecule has 0 saturated heterocycles. The van der Waals surface area contributed by atoms with Crippen molar-refractivity contribution in [2.75, 3.05) is 5.73 Å². The van der Waals surface area contributed by atoms with Gasteiger partial charge in [-0.3, -0.25) is 4.98 Å². The van der Waals surface area contributed by atoms with E-state index >= 15 is 0 Å². The molecule has 0 atom stereocenters. The van der Waals surface area contributed by atoms with E-state index in [1.165, 1.54) is 5.56 Å². The average molecular weight is 228 g/mol. The Morgan fingerprint density at radius 1 is 1.24 bits per heavy atom. The number of nitrogens with two attached hydrogens (primary N) is 1. The smallest absolute Gasteiger partial charge is 0.150 e. The van der Waals surface area contributed by atoms with Crippen LogP contribution in [0.2, 0.25) is 0 Å². The van der Waals surface area contributed by atoms with Crippen molar-refractivity contribution in [3.63, 3.8) is 0 Å². The van der Waals surface area contributed by atoms with Gasteiger partial charge >= 0.3 is 0 Å². The number of nitrogens with zero attached hydrogens (tertiary/aromatic N) is 1. The Balaban J connectivity index is 2.24. The predicted octanol–water partition coefficient (Wildman–Crippen LogP) is 3.33. The molecule has 3 nitrogen and oxygen atoms in total. The zero-order valence-electron chi connectivity index (χ0n) is 10.1. The van der Waals surface area contributed by atoms with Crippen LogP contribution in [0.15, 0.2) is 36.5 Å². The molecule has 1 aromatic heterocycles. The van der Waals surface area contributed by atoms with Gasteiger partial charge in [-0.15, -0.1) is 0 Å². The standard InChI is InChI=1S/C14H16N2O/c1-3-11-4-5-14(13(15)9-11)17-12-6-7-16-10(2)8-12/h4-9H,3,15H2,1-2H3. The van der Waals surface area contributed by atoms with Gasteiger partial charge in [0.1, 0.15) is 11.5 Å². The summed E-state index contributed by atoms with van der Waals surface area (Å²) in [6.07, 6.45) is 2.69. The minimum absolute atomic E-state index is 0.666. The molecule has 0 aliphatic carbocycles. The molecule has 2 rings (SSSR count). The third-order valence-corrected chi connectivity index (χ3v) is 2.58. The number of aromatic nitrogens is 1. The predicted molar refractivity (Wildman–Crippen MR) is 69.3 cm³/mol. The molecule has 0 aliphatic rings. The van der Waals surface area contributed by atoms with Gasteiger partial charge < -0.3 is 10.5 Å². The van der Waals surface area contributed by atoms with E-state index in [0.717, 1.165) is 17.9 Å². The lowest BCUT2D eigenvalue weighted by molar-refractivity contribution is 0.483.